The van der Waals surface area contributed by atoms with Gasteiger partial charge in [0, 0.05) is 5.69 Å². The summed E-state index contributed by atoms with van der Waals surface area (Å²) in [6.07, 6.45) is 5.72. The van der Waals surface area contributed by atoms with Gasteiger partial charge in [-0.2, -0.15) is 5.26 Å². The van der Waals surface area contributed by atoms with Crippen molar-refractivity contribution >= 4 is 11.6 Å². The summed E-state index contributed by atoms with van der Waals surface area (Å²) in [5.74, 6) is -0.113. The van der Waals surface area contributed by atoms with Gasteiger partial charge in [-0.3, -0.25) is 4.79 Å². The van der Waals surface area contributed by atoms with Crippen LogP contribution in [0.25, 0.3) is 0 Å². The van der Waals surface area contributed by atoms with Gasteiger partial charge >= 0.3 is 0 Å². The first kappa shape index (κ1) is 15.4. The molecule has 2 rings (SSSR count). The van der Waals surface area contributed by atoms with Crippen LogP contribution in [0.4, 0.5) is 5.69 Å². The highest BCUT2D eigenvalue weighted by atomic mass is 16.2. The van der Waals surface area contributed by atoms with Gasteiger partial charge in [-0.05, 0) is 37.0 Å². The van der Waals surface area contributed by atoms with E-state index in [1.165, 1.54) is 5.56 Å². The summed E-state index contributed by atoms with van der Waals surface area (Å²) in [6.45, 7) is 2.32. The van der Waals surface area contributed by atoms with Crippen molar-refractivity contribution in [3.8, 4) is 6.07 Å². The van der Waals surface area contributed by atoms with E-state index in [4.69, 9.17) is 0 Å². The number of aryl methyl sites for hydroxylation is 1. The van der Waals surface area contributed by atoms with Crippen molar-refractivity contribution < 1.29 is 4.79 Å². The molecule has 0 bridgehead atoms. The number of rotatable bonds is 5. The Kier molecular flexibility index (Phi) is 5.21. The zero-order valence-corrected chi connectivity index (χ0v) is 12.6. The molecule has 1 saturated carbocycles. The fraction of sp³-hybridized carbons (Fsp3) is 0.529. The Morgan fingerprint density at radius 3 is 2.48 bits per heavy atom. The first-order valence-electron chi connectivity index (χ1n) is 7.72. The fourth-order valence-corrected chi connectivity index (χ4v) is 2.77. The minimum atomic E-state index is -0.650. The maximum absolute atomic E-state index is 12.0. The number of nitrogens with one attached hydrogen (secondary N) is 2. The lowest BCUT2D eigenvalue weighted by molar-refractivity contribution is -0.121. The first-order chi connectivity index (χ1) is 10.2. The van der Waals surface area contributed by atoms with Crippen LogP contribution in [0.1, 0.15) is 44.6 Å². The monoisotopic (exact) mass is 285 g/mol. The van der Waals surface area contributed by atoms with Crippen molar-refractivity contribution in [3.63, 3.8) is 0 Å². The van der Waals surface area contributed by atoms with E-state index in [1.807, 2.05) is 12.1 Å². The van der Waals surface area contributed by atoms with Gasteiger partial charge in [0.05, 0.1) is 12.6 Å². The molecule has 0 heterocycles. The number of benzene rings is 1. The number of hydrogen-bond donors (Lipinski definition) is 2. The van der Waals surface area contributed by atoms with E-state index in [-0.39, 0.29) is 12.5 Å². The highest BCUT2D eigenvalue weighted by Crippen LogP contribution is 2.27. The third kappa shape index (κ3) is 4.22. The maximum Gasteiger partial charge on any atom is 0.240 e. The summed E-state index contributed by atoms with van der Waals surface area (Å²) in [6, 6.07) is 10.4. The Hall–Kier alpha value is -2.02. The molecule has 0 atom stereocenters. The van der Waals surface area contributed by atoms with Crippen molar-refractivity contribution in [2.75, 3.05) is 11.9 Å². The number of anilines is 1. The molecule has 1 aromatic carbocycles. The average Bonchev–Trinajstić information content (AvgIpc) is 2.54. The number of nitriles is 1. The lowest BCUT2D eigenvalue weighted by atomic mass is 9.83. The first-order valence-corrected chi connectivity index (χ1v) is 7.72. The molecule has 0 aliphatic heterocycles. The van der Waals surface area contributed by atoms with Gasteiger partial charge in [0.25, 0.3) is 0 Å². The van der Waals surface area contributed by atoms with Gasteiger partial charge in [-0.25, -0.2) is 0 Å². The van der Waals surface area contributed by atoms with Crippen LogP contribution < -0.4 is 10.6 Å². The van der Waals surface area contributed by atoms with E-state index in [9.17, 15) is 10.1 Å². The molecule has 2 N–H and O–H groups in total. The van der Waals surface area contributed by atoms with Crippen molar-refractivity contribution in [2.24, 2.45) is 0 Å². The number of amides is 1. The zero-order valence-electron chi connectivity index (χ0n) is 12.6. The van der Waals surface area contributed by atoms with E-state index in [1.54, 1.807) is 0 Å². The van der Waals surface area contributed by atoms with Crippen molar-refractivity contribution in [3.05, 3.63) is 29.8 Å². The lowest BCUT2D eigenvalue weighted by Gasteiger charge is -2.31. The Balaban J connectivity index is 1.85. The lowest BCUT2D eigenvalue weighted by Crippen LogP contribution is -2.50. The predicted molar refractivity (Wildman–Crippen MR) is 83.9 cm³/mol. The van der Waals surface area contributed by atoms with E-state index >= 15 is 0 Å². The van der Waals surface area contributed by atoms with Crippen molar-refractivity contribution in [2.45, 2.75) is 51.0 Å². The normalized spacial score (nSPS) is 16.8. The Morgan fingerprint density at radius 1 is 1.24 bits per heavy atom. The van der Waals surface area contributed by atoms with Crippen LogP contribution in [0, 0.1) is 11.3 Å². The van der Waals surface area contributed by atoms with Gasteiger partial charge in [-0.1, -0.05) is 38.3 Å². The molecule has 4 nitrogen and oxygen atoms in total. The highest BCUT2D eigenvalue weighted by molar-refractivity contribution is 5.81. The predicted octanol–water partition coefficient (Wildman–Crippen LogP) is 3.00. The minimum Gasteiger partial charge on any atom is -0.376 e. The van der Waals surface area contributed by atoms with Crippen molar-refractivity contribution in [1.82, 2.24) is 5.32 Å². The minimum absolute atomic E-state index is 0.113. The summed E-state index contributed by atoms with van der Waals surface area (Å²) >= 11 is 0. The number of nitrogens with zero attached hydrogens (tertiary/aromatic N) is 1. The van der Waals surface area contributed by atoms with Crippen LogP contribution in [0.5, 0.6) is 0 Å². The number of hydrogen-bond acceptors (Lipinski definition) is 3. The number of carbonyl (C=O) groups is 1. The molecular weight excluding hydrogens is 262 g/mol. The van der Waals surface area contributed by atoms with E-state index in [0.29, 0.717) is 0 Å². The average molecular weight is 285 g/mol. The van der Waals surface area contributed by atoms with Crippen LogP contribution in [-0.2, 0) is 11.2 Å². The molecule has 0 saturated heterocycles. The van der Waals surface area contributed by atoms with Crippen LogP contribution in [-0.4, -0.2) is 18.0 Å². The van der Waals surface area contributed by atoms with Crippen LogP contribution in [0.3, 0.4) is 0 Å². The van der Waals surface area contributed by atoms with Gasteiger partial charge in [0.1, 0.15) is 5.54 Å². The molecule has 0 unspecified atom stereocenters. The Morgan fingerprint density at radius 2 is 1.90 bits per heavy atom. The van der Waals surface area contributed by atoms with Crippen LogP contribution in [0.2, 0.25) is 0 Å². The van der Waals surface area contributed by atoms with E-state index in [2.05, 4.69) is 35.8 Å². The highest BCUT2D eigenvalue weighted by Gasteiger charge is 2.33. The molecule has 1 aliphatic rings. The van der Waals surface area contributed by atoms with E-state index in [0.717, 1.165) is 44.2 Å². The smallest absolute Gasteiger partial charge is 0.240 e. The Labute approximate surface area is 126 Å². The molecule has 1 fully saturated rings. The van der Waals surface area contributed by atoms with Gasteiger partial charge in [0.2, 0.25) is 5.91 Å². The standard InChI is InChI=1S/C17H23N3O/c1-2-14-6-8-15(9-7-14)19-12-16(21)20-17(13-18)10-4-3-5-11-17/h6-9,19H,2-5,10-12H2,1H3,(H,20,21). The largest absolute Gasteiger partial charge is 0.376 e. The quantitative estimate of drug-likeness (QED) is 0.874. The zero-order chi connectivity index (χ0) is 15.1. The molecular formula is C17H23N3O. The van der Waals surface area contributed by atoms with Gasteiger partial charge in [-0.15, -0.1) is 0 Å². The molecule has 0 aromatic heterocycles. The summed E-state index contributed by atoms with van der Waals surface area (Å²) in [5.41, 5.74) is 1.55. The fourth-order valence-electron chi connectivity index (χ4n) is 2.77. The van der Waals surface area contributed by atoms with Crippen molar-refractivity contribution in [1.29, 1.82) is 5.26 Å². The third-order valence-corrected chi connectivity index (χ3v) is 4.12. The SMILES string of the molecule is CCc1ccc(NCC(=O)NC2(C#N)CCCCC2)cc1. The summed E-state index contributed by atoms with van der Waals surface area (Å²) in [7, 11) is 0. The van der Waals surface area contributed by atoms with Crippen LogP contribution in [0.15, 0.2) is 24.3 Å². The summed E-state index contributed by atoms with van der Waals surface area (Å²) < 4.78 is 0. The second kappa shape index (κ2) is 7.12. The third-order valence-electron chi connectivity index (χ3n) is 4.12. The molecule has 4 heteroatoms. The summed E-state index contributed by atoms with van der Waals surface area (Å²) in [5, 5.41) is 15.4. The summed E-state index contributed by atoms with van der Waals surface area (Å²) in [4.78, 5) is 12.0. The maximum atomic E-state index is 12.0. The molecule has 0 radical (unpaired) electrons. The molecule has 1 aromatic rings. The molecule has 1 aliphatic carbocycles. The molecule has 112 valence electrons. The molecule has 1 amide bonds. The Bertz CT molecular complexity index is 510. The molecule has 21 heavy (non-hydrogen) atoms. The van der Waals surface area contributed by atoms with Crippen LogP contribution >= 0.6 is 0 Å². The molecule has 0 spiro atoms. The van der Waals surface area contributed by atoms with Gasteiger partial charge in [0.15, 0.2) is 0 Å². The second-order valence-corrected chi connectivity index (χ2v) is 5.71. The van der Waals surface area contributed by atoms with Gasteiger partial charge < -0.3 is 10.6 Å². The topological polar surface area (TPSA) is 64.9 Å². The number of carbonyl (C=O) groups excluding carboxylic acids is 1. The van der Waals surface area contributed by atoms with E-state index < -0.39 is 5.54 Å². The second-order valence-electron chi connectivity index (χ2n) is 5.71.